The van der Waals surface area contributed by atoms with Crippen molar-refractivity contribution in [2.24, 2.45) is 0 Å². The summed E-state index contributed by atoms with van der Waals surface area (Å²) in [5.74, 6) is -0.843. The van der Waals surface area contributed by atoms with Crippen LogP contribution in [0.15, 0.2) is 11.6 Å². The zero-order valence-electron chi connectivity index (χ0n) is 9.90. The van der Waals surface area contributed by atoms with Crippen LogP contribution in [0.4, 0.5) is 0 Å². The second-order valence-corrected chi connectivity index (χ2v) is 4.91. The summed E-state index contributed by atoms with van der Waals surface area (Å²) in [5, 5.41) is 2.75. The highest BCUT2D eigenvalue weighted by Gasteiger charge is 2.28. The van der Waals surface area contributed by atoms with Gasteiger partial charge in [-0.05, 0) is 6.92 Å². The first-order valence-electron chi connectivity index (χ1n) is 5.40. The fourth-order valence-electron chi connectivity index (χ4n) is 1.41. The maximum atomic E-state index is 11.5. The van der Waals surface area contributed by atoms with Gasteiger partial charge >= 0.3 is 0 Å². The molecule has 0 saturated heterocycles. The summed E-state index contributed by atoms with van der Waals surface area (Å²) in [6.45, 7) is 4.05. The summed E-state index contributed by atoms with van der Waals surface area (Å²) >= 11 is 4.13. The number of hydrogen-bond acceptors (Lipinski definition) is 4. The third-order valence-corrected chi connectivity index (χ3v) is 2.53. The minimum Gasteiger partial charge on any atom is -0.355 e. The summed E-state index contributed by atoms with van der Waals surface area (Å²) in [4.78, 5) is 35.3. The minimum atomic E-state index is -0.345. The predicted molar refractivity (Wildman–Crippen MR) is 66.6 cm³/mol. The molecule has 0 aromatic heterocycles. The lowest BCUT2D eigenvalue weighted by Gasteiger charge is -2.14. The SMILES string of the molecule is CC1=CC(=O)N(CCC(=O)NCC(C)S)C1=O. The van der Waals surface area contributed by atoms with Crippen LogP contribution in [0.3, 0.4) is 0 Å². The summed E-state index contributed by atoms with van der Waals surface area (Å²) in [6, 6.07) is 0. The number of rotatable bonds is 5. The Hall–Kier alpha value is -1.30. The quantitative estimate of drug-likeness (QED) is 0.542. The second-order valence-electron chi connectivity index (χ2n) is 4.03. The van der Waals surface area contributed by atoms with Crippen LogP contribution in [0.1, 0.15) is 20.3 Å². The molecule has 6 heteroatoms. The molecule has 0 aromatic rings. The van der Waals surface area contributed by atoms with E-state index in [1.54, 1.807) is 6.92 Å². The molecule has 5 nitrogen and oxygen atoms in total. The zero-order chi connectivity index (χ0) is 13.0. The van der Waals surface area contributed by atoms with E-state index in [4.69, 9.17) is 0 Å². The molecular formula is C11H16N2O3S. The third-order valence-electron chi connectivity index (χ3n) is 2.35. The third kappa shape index (κ3) is 3.89. The number of thiol groups is 1. The van der Waals surface area contributed by atoms with E-state index < -0.39 is 0 Å². The Morgan fingerprint density at radius 2 is 2.18 bits per heavy atom. The average Bonchev–Trinajstić information content (AvgIpc) is 2.48. The van der Waals surface area contributed by atoms with E-state index in [2.05, 4.69) is 17.9 Å². The van der Waals surface area contributed by atoms with Crippen molar-refractivity contribution in [3.63, 3.8) is 0 Å². The van der Waals surface area contributed by atoms with Gasteiger partial charge in [0.05, 0.1) is 0 Å². The van der Waals surface area contributed by atoms with E-state index in [1.165, 1.54) is 6.08 Å². The van der Waals surface area contributed by atoms with Gasteiger partial charge in [-0.15, -0.1) is 0 Å². The van der Waals surface area contributed by atoms with E-state index in [0.29, 0.717) is 12.1 Å². The van der Waals surface area contributed by atoms with Crippen molar-refractivity contribution in [2.75, 3.05) is 13.1 Å². The minimum absolute atomic E-state index is 0.0814. The Bertz CT molecular complexity index is 377. The van der Waals surface area contributed by atoms with Crippen molar-refractivity contribution in [3.8, 4) is 0 Å². The summed E-state index contributed by atoms with van der Waals surface area (Å²) in [7, 11) is 0. The van der Waals surface area contributed by atoms with Crippen molar-refractivity contribution in [3.05, 3.63) is 11.6 Å². The monoisotopic (exact) mass is 256 g/mol. The first-order chi connectivity index (χ1) is 7.91. The molecule has 0 spiro atoms. The van der Waals surface area contributed by atoms with Gasteiger partial charge in [0, 0.05) is 36.4 Å². The summed E-state index contributed by atoms with van der Waals surface area (Å²) in [5.41, 5.74) is 0.416. The number of hydrogen-bond donors (Lipinski definition) is 2. The van der Waals surface area contributed by atoms with Gasteiger partial charge in [-0.2, -0.15) is 12.6 Å². The molecule has 1 aliphatic heterocycles. The fraction of sp³-hybridized carbons (Fsp3) is 0.545. The number of carbonyl (C=O) groups is 3. The number of imide groups is 1. The smallest absolute Gasteiger partial charge is 0.256 e. The Labute approximate surface area is 106 Å². The van der Waals surface area contributed by atoms with Crippen molar-refractivity contribution in [1.29, 1.82) is 0 Å². The number of nitrogens with zero attached hydrogens (tertiary/aromatic N) is 1. The number of carbonyl (C=O) groups excluding carboxylic acids is 3. The summed E-state index contributed by atoms with van der Waals surface area (Å²) in [6.07, 6.45) is 1.41. The van der Waals surface area contributed by atoms with Gasteiger partial charge in [0.25, 0.3) is 11.8 Å². The van der Waals surface area contributed by atoms with E-state index >= 15 is 0 Å². The first-order valence-corrected chi connectivity index (χ1v) is 5.92. The molecule has 1 atom stereocenters. The first kappa shape index (κ1) is 13.8. The van der Waals surface area contributed by atoms with Crippen LogP contribution < -0.4 is 5.32 Å². The number of amides is 3. The Kier molecular flexibility index (Phi) is 4.74. The standard InChI is InChI=1S/C11H16N2O3S/c1-7-5-10(15)13(11(7)16)4-3-9(14)12-6-8(2)17/h5,8,17H,3-4,6H2,1-2H3,(H,12,14). The molecule has 1 aliphatic rings. The lowest BCUT2D eigenvalue weighted by Crippen LogP contribution is -2.36. The molecule has 1 heterocycles. The zero-order valence-corrected chi connectivity index (χ0v) is 10.8. The molecule has 0 aliphatic carbocycles. The van der Waals surface area contributed by atoms with Crippen LogP contribution >= 0.6 is 12.6 Å². The highest BCUT2D eigenvalue weighted by Crippen LogP contribution is 2.11. The highest BCUT2D eigenvalue weighted by molar-refractivity contribution is 7.80. The van der Waals surface area contributed by atoms with Crippen LogP contribution in [0.25, 0.3) is 0 Å². The molecule has 17 heavy (non-hydrogen) atoms. The topological polar surface area (TPSA) is 66.5 Å². The second kappa shape index (κ2) is 5.86. The van der Waals surface area contributed by atoms with Crippen molar-refractivity contribution >= 4 is 30.4 Å². The van der Waals surface area contributed by atoms with E-state index in [-0.39, 0.29) is 35.9 Å². The molecule has 1 N–H and O–H groups in total. The number of nitrogens with one attached hydrogen (secondary N) is 1. The molecule has 1 rings (SSSR count). The molecule has 3 amide bonds. The maximum absolute atomic E-state index is 11.5. The summed E-state index contributed by atoms with van der Waals surface area (Å²) < 4.78 is 0. The van der Waals surface area contributed by atoms with Crippen molar-refractivity contribution in [1.82, 2.24) is 10.2 Å². The molecule has 0 radical (unpaired) electrons. The molecule has 0 aromatic carbocycles. The average molecular weight is 256 g/mol. The maximum Gasteiger partial charge on any atom is 0.256 e. The van der Waals surface area contributed by atoms with Gasteiger partial charge in [0.15, 0.2) is 0 Å². The lowest BCUT2D eigenvalue weighted by atomic mass is 10.3. The van der Waals surface area contributed by atoms with Crippen LogP contribution in [0, 0.1) is 0 Å². The van der Waals surface area contributed by atoms with Crippen LogP contribution in [0.5, 0.6) is 0 Å². The Morgan fingerprint density at radius 1 is 1.53 bits per heavy atom. The predicted octanol–water partition coefficient (Wildman–Crippen LogP) is 0.126. The molecule has 0 saturated carbocycles. The van der Waals surface area contributed by atoms with Crippen LogP contribution in [-0.4, -0.2) is 41.0 Å². The van der Waals surface area contributed by atoms with Gasteiger partial charge in [-0.25, -0.2) is 0 Å². The molecular weight excluding hydrogens is 240 g/mol. The molecule has 0 fully saturated rings. The van der Waals surface area contributed by atoms with E-state index in [1.807, 2.05) is 6.92 Å². The van der Waals surface area contributed by atoms with Crippen molar-refractivity contribution in [2.45, 2.75) is 25.5 Å². The normalized spacial score (nSPS) is 17.1. The van der Waals surface area contributed by atoms with Crippen molar-refractivity contribution < 1.29 is 14.4 Å². The van der Waals surface area contributed by atoms with Gasteiger partial charge in [0.2, 0.25) is 5.91 Å². The van der Waals surface area contributed by atoms with Gasteiger partial charge in [0.1, 0.15) is 0 Å². The van der Waals surface area contributed by atoms with E-state index in [9.17, 15) is 14.4 Å². The lowest BCUT2D eigenvalue weighted by molar-refractivity contribution is -0.137. The molecule has 1 unspecified atom stereocenters. The molecule has 0 bridgehead atoms. The largest absolute Gasteiger partial charge is 0.355 e. The van der Waals surface area contributed by atoms with Crippen LogP contribution in [0.2, 0.25) is 0 Å². The highest BCUT2D eigenvalue weighted by atomic mass is 32.1. The van der Waals surface area contributed by atoms with Crippen LogP contribution in [-0.2, 0) is 14.4 Å². The van der Waals surface area contributed by atoms with E-state index in [0.717, 1.165) is 4.90 Å². The molecule has 94 valence electrons. The Balaban J connectivity index is 2.35. The van der Waals surface area contributed by atoms with Gasteiger partial charge < -0.3 is 5.32 Å². The Morgan fingerprint density at radius 3 is 2.65 bits per heavy atom. The fourth-order valence-corrected chi connectivity index (χ4v) is 1.50. The van der Waals surface area contributed by atoms with Gasteiger partial charge in [-0.1, -0.05) is 6.92 Å². The van der Waals surface area contributed by atoms with Gasteiger partial charge in [-0.3, -0.25) is 19.3 Å².